The van der Waals surface area contributed by atoms with Crippen molar-refractivity contribution in [1.82, 2.24) is 10.2 Å². The lowest BCUT2D eigenvalue weighted by Gasteiger charge is -2.43. The molecule has 0 unspecified atom stereocenters. The fourth-order valence-electron chi connectivity index (χ4n) is 4.56. The Morgan fingerprint density at radius 2 is 1.87 bits per heavy atom. The predicted molar refractivity (Wildman–Crippen MR) is 120 cm³/mol. The zero-order valence-corrected chi connectivity index (χ0v) is 18.1. The van der Waals surface area contributed by atoms with E-state index < -0.39 is 5.54 Å². The number of ketones is 1. The molecular formula is C24H28ClN3O2. The Bertz CT molecular complexity index is 920. The lowest BCUT2D eigenvalue weighted by molar-refractivity contribution is -0.125. The number of anilines is 1. The number of aryl methyl sites for hydroxylation is 1. The predicted octanol–water partition coefficient (Wildman–Crippen LogP) is 4.04. The van der Waals surface area contributed by atoms with Crippen LogP contribution in [0.4, 0.5) is 5.69 Å². The largest absolute Gasteiger partial charge is 0.339 e. The van der Waals surface area contributed by atoms with Crippen LogP contribution < -0.4 is 10.2 Å². The van der Waals surface area contributed by atoms with Gasteiger partial charge in [0.05, 0.1) is 6.67 Å². The van der Waals surface area contributed by atoms with Gasteiger partial charge in [-0.05, 0) is 50.9 Å². The van der Waals surface area contributed by atoms with Gasteiger partial charge in [0.15, 0.2) is 5.78 Å². The topological polar surface area (TPSA) is 52.7 Å². The number of hydrogen-bond acceptors (Lipinski definition) is 4. The van der Waals surface area contributed by atoms with Gasteiger partial charge in [0, 0.05) is 35.8 Å². The van der Waals surface area contributed by atoms with Gasteiger partial charge in [-0.25, -0.2) is 0 Å². The van der Waals surface area contributed by atoms with Crippen LogP contribution in [0.2, 0.25) is 5.02 Å². The highest BCUT2D eigenvalue weighted by Crippen LogP contribution is 2.37. The monoisotopic (exact) mass is 425 g/mol. The maximum absolute atomic E-state index is 12.8. The van der Waals surface area contributed by atoms with Crippen LogP contribution in [0.3, 0.4) is 0 Å². The average Bonchev–Trinajstić information content (AvgIpc) is 3.05. The first-order valence-corrected chi connectivity index (χ1v) is 11.0. The molecule has 0 bridgehead atoms. The van der Waals surface area contributed by atoms with Crippen LogP contribution in [0.1, 0.15) is 41.6 Å². The fourth-order valence-corrected chi connectivity index (χ4v) is 4.75. The molecule has 158 valence electrons. The Kier molecular flexibility index (Phi) is 6.11. The lowest BCUT2D eigenvalue weighted by atomic mass is 9.85. The van der Waals surface area contributed by atoms with Crippen molar-refractivity contribution >= 4 is 29.0 Å². The molecule has 6 heteroatoms. The molecule has 2 aromatic carbocycles. The quantitative estimate of drug-likeness (QED) is 0.709. The van der Waals surface area contributed by atoms with Crippen LogP contribution in [0.25, 0.3) is 0 Å². The Morgan fingerprint density at radius 1 is 1.13 bits per heavy atom. The van der Waals surface area contributed by atoms with E-state index in [9.17, 15) is 9.59 Å². The molecule has 1 spiro atoms. The molecule has 5 nitrogen and oxygen atoms in total. The molecule has 2 saturated heterocycles. The Hall–Kier alpha value is -2.37. The highest BCUT2D eigenvalue weighted by molar-refractivity contribution is 6.30. The first-order valence-electron chi connectivity index (χ1n) is 10.6. The van der Waals surface area contributed by atoms with Crippen molar-refractivity contribution in [2.75, 3.05) is 31.2 Å². The summed E-state index contributed by atoms with van der Waals surface area (Å²) in [4.78, 5) is 29.7. The number of likely N-dealkylation sites (tertiary alicyclic amines) is 1. The Labute approximate surface area is 183 Å². The summed E-state index contributed by atoms with van der Waals surface area (Å²) >= 11 is 6.18. The summed E-state index contributed by atoms with van der Waals surface area (Å²) in [7, 11) is 0. The van der Waals surface area contributed by atoms with Crippen molar-refractivity contribution in [2.45, 2.75) is 38.1 Å². The lowest BCUT2D eigenvalue weighted by Crippen LogP contribution is -2.56. The first-order chi connectivity index (χ1) is 14.5. The number of benzene rings is 2. The Balaban J connectivity index is 1.32. The minimum Gasteiger partial charge on any atom is -0.339 e. The van der Waals surface area contributed by atoms with Crippen LogP contribution in [0, 0.1) is 6.92 Å². The molecule has 2 aliphatic rings. The van der Waals surface area contributed by atoms with Gasteiger partial charge >= 0.3 is 0 Å². The van der Waals surface area contributed by atoms with E-state index >= 15 is 0 Å². The second-order valence-electron chi connectivity index (χ2n) is 8.34. The normalized spacial score (nSPS) is 18.6. The average molecular weight is 426 g/mol. The summed E-state index contributed by atoms with van der Waals surface area (Å²) in [5, 5.41) is 3.70. The molecule has 2 fully saturated rings. The van der Waals surface area contributed by atoms with E-state index in [2.05, 4.69) is 15.1 Å². The van der Waals surface area contributed by atoms with Gasteiger partial charge in [-0.2, -0.15) is 0 Å². The van der Waals surface area contributed by atoms with Gasteiger partial charge in [0.2, 0.25) is 5.91 Å². The van der Waals surface area contributed by atoms with Gasteiger partial charge in [-0.15, -0.1) is 0 Å². The van der Waals surface area contributed by atoms with Crippen molar-refractivity contribution in [3.63, 3.8) is 0 Å². The van der Waals surface area contributed by atoms with Crippen LogP contribution in [0.5, 0.6) is 0 Å². The molecule has 1 N–H and O–H groups in total. The number of carbonyl (C=O) groups excluding carboxylic acids is 2. The van der Waals surface area contributed by atoms with E-state index in [0.29, 0.717) is 18.1 Å². The Morgan fingerprint density at radius 3 is 2.57 bits per heavy atom. The number of nitrogens with one attached hydrogen (secondary N) is 1. The minimum atomic E-state index is -0.501. The van der Waals surface area contributed by atoms with Crippen molar-refractivity contribution in [1.29, 1.82) is 0 Å². The molecule has 0 aromatic heterocycles. The summed E-state index contributed by atoms with van der Waals surface area (Å²) in [6.07, 6.45) is 2.94. The molecule has 0 atom stereocenters. The zero-order chi connectivity index (χ0) is 21.1. The van der Waals surface area contributed by atoms with Crippen LogP contribution in [-0.2, 0) is 4.79 Å². The van der Waals surface area contributed by atoms with Gasteiger partial charge in [-0.3, -0.25) is 9.59 Å². The van der Waals surface area contributed by atoms with E-state index in [-0.39, 0.29) is 11.7 Å². The van der Waals surface area contributed by atoms with Gasteiger partial charge < -0.3 is 15.1 Å². The van der Waals surface area contributed by atoms with E-state index in [4.69, 9.17) is 11.6 Å². The molecule has 30 heavy (non-hydrogen) atoms. The second-order valence-corrected chi connectivity index (χ2v) is 8.77. The number of carbonyl (C=O) groups is 2. The summed E-state index contributed by atoms with van der Waals surface area (Å²) in [6.45, 7) is 5.12. The van der Waals surface area contributed by atoms with Crippen molar-refractivity contribution in [3.8, 4) is 0 Å². The highest BCUT2D eigenvalue weighted by Gasteiger charge is 2.50. The number of piperidine rings is 1. The standard InChI is InChI=1S/C24H28ClN3O2/c1-18-7-9-19(10-8-18)22(29)6-3-13-27-14-11-24(12-15-27)23(30)26-17-28(24)21-5-2-4-20(25)16-21/h2,4-5,7-10,16H,3,6,11-15,17H2,1H3,(H,26,30). The summed E-state index contributed by atoms with van der Waals surface area (Å²) < 4.78 is 0. The molecule has 0 radical (unpaired) electrons. The minimum absolute atomic E-state index is 0.108. The van der Waals surface area contributed by atoms with E-state index in [1.165, 1.54) is 0 Å². The van der Waals surface area contributed by atoms with E-state index in [1.807, 2.05) is 55.5 Å². The number of amides is 1. The SMILES string of the molecule is Cc1ccc(C(=O)CCCN2CCC3(CC2)C(=O)NCN3c2cccc(Cl)c2)cc1. The third-order valence-electron chi connectivity index (χ3n) is 6.39. The molecule has 0 aliphatic carbocycles. The van der Waals surface area contributed by atoms with Gasteiger partial charge in [0.1, 0.15) is 5.54 Å². The van der Waals surface area contributed by atoms with Crippen LogP contribution in [0.15, 0.2) is 48.5 Å². The molecule has 2 aliphatic heterocycles. The fraction of sp³-hybridized carbons (Fsp3) is 0.417. The van der Waals surface area contributed by atoms with Crippen LogP contribution in [-0.4, -0.2) is 48.4 Å². The highest BCUT2D eigenvalue weighted by atomic mass is 35.5. The number of rotatable bonds is 6. The number of hydrogen-bond donors (Lipinski definition) is 1. The zero-order valence-electron chi connectivity index (χ0n) is 17.4. The third kappa shape index (κ3) is 4.23. The number of halogens is 1. The van der Waals surface area contributed by atoms with Gasteiger partial charge in [0.25, 0.3) is 0 Å². The first kappa shape index (κ1) is 20.9. The summed E-state index contributed by atoms with van der Waals surface area (Å²) in [6, 6.07) is 15.5. The van der Waals surface area contributed by atoms with Crippen molar-refractivity contribution < 1.29 is 9.59 Å². The second kappa shape index (κ2) is 8.78. The smallest absolute Gasteiger partial charge is 0.247 e. The van der Waals surface area contributed by atoms with E-state index in [1.54, 1.807) is 0 Å². The molecule has 1 amide bonds. The molecule has 2 heterocycles. The summed E-state index contributed by atoms with van der Waals surface area (Å²) in [5.41, 5.74) is 2.44. The van der Waals surface area contributed by atoms with Crippen molar-refractivity contribution in [2.24, 2.45) is 0 Å². The van der Waals surface area contributed by atoms with E-state index in [0.717, 1.165) is 55.7 Å². The molecule has 2 aromatic rings. The summed E-state index contributed by atoms with van der Waals surface area (Å²) in [5.74, 6) is 0.308. The third-order valence-corrected chi connectivity index (χ3v) is 6.63. The molecule has 4 rings (SSSR count). The van der Waals surface area contributed by atoms with Crippen LogP contribution >= 0.6 is 11.6 Å². The maximum Gasteiger partial charge on any atom is 0.247 e. The maximum atomic E-state index is 12.8. The number of nitrogens with zero attached hydrogens (tertiary/aromatic N) is 2. The van der Waals surface area contributed by atoms with Crippen molar-refractivity contribution in [3.05, 3.63) is 64.7 Å². The molecule has 0 saturated carbocycles. The number of Topliss-reactive ketones (excluding diaryl/α,β-unsaturated/α-hetero) is 1. The van der Waals surface area contributed by atoms with Gasteiger partial charge in [-0.1, -0.05) is 47.5 Å². The molecular weight excluding hydrogens is 398 g/mol.